The molecule has 0 aromatic carbocycles. The Morgan fingerprint density at radius 2 is 2.25 bits per heavy atom. The van der Waals surface area contributed by atoms with Crippen LogP contribution in [0.2, 0.25) is 0 Å². The molecule has 2 heteroatoms. The molecule has 1 aliphatic carbocycles. The first kappa shape index (κ1) is 10.0. The van der Waals surface area contributed by atoms with Crippen LogP contribution in [0, 0.1) is 11.3 Å². The molecule has 3 atom stereocenters. The zero-order valence-electron chi connectivity index (χ0n) is 8.21. The number of nitrogens with two attached hydrogens (primary N) is 1. The third-order valence-corrected chi connectivity index (χ3v) is 3.38. The highest BCUT2D eigenvalue weighted by atomic mass is 16.3. The van der Waals surface area contributed by atoms with Crippen molar-refractivity contribution in [3.05, 3.63) is 0 Å². The van der Waals surface area contributed by atoms with E-state index >= 15 is 0 Å². The van der Waals surface area contributed by atoms with Gasteiger partial charge in [0.25, 0.3) is 0 Å². The minimum Gasteiger partial charge on any atom is -0.392 e. The van der Waals surface area contributed by atoms with E-state index in [2.05, 4.69) is 13.8 Å². The van der Waals surface area contributed by atoms with Gasteiger partial charge in [-0.3, -0.25) is 0 Å². The second kappa shape index (κ2) is 3.75. The van der Waals surface area contributed by atoms with Crippen molar-refractivity contribution in [2.45, 2.75) is 45.6 Å². The van der Waals surface area contributed by atoms with Gasteiger partial charge in [-0.1, -0.05) is 26.7 Å². The summed E-state index contributed by atoms with van der Waals surface area (Å²) in [4.78, 5) is 0. The third-order valence-electron chi connectivity index (χ3n) is 3.38. The third kappa shape index (κ3) is 1.64. The lowest BCUT2D eigenvalue weighted by atomic mass is 9.92. The maximum atomic E-state index is 9.86. The van der Waals surface area contributed by atoms with Gasteiger partial charge in [0.2, 0.25) is 0 Å². The molecule has 1 rings (SSSR count). The molecule has 1 saturated carbocycles. The molecule has 0 aromatic heterocycles. The second-order valence-electron chi connectivity index (χ2n) is 4.20. The largest absolute Gasteiger partial charge is 0.392 e. The van der Waals surface area contributed by atoms with Crippen LogP contribution in [-0.2, 0) is 0 Å². The minimum atomic E-state index is -0.155. The van der Waals surface area contributed by atoms with Gasteiger partial charge in [-0.25, -0.2) is 0 Å². The number of unbranched alkanes of at least 4 members (excludes halogenated alkanes) is 1. The molecule has 1 aliphatic rings. The van der Waals surface area contributed by atoms with Crippen LogP contribution in [-0.4, -0.2) is 17.8 Å². The number of hydrogen-bond donors (Lipinski definition) is 2. The lowest BCUT2D eigenvalue weighted by molar-refractivity contribution is 0.0784. The molecule has 0 amide bonds. The SMILES string of the molecule is CCCC[C@H](O)[C@@]1(CN)C[C@H]1C. The monoisotopic (exact) mass is 171 g/mol. The first-order valence-electron chi connectivity index (χ1n) is 5.05. The Morgan fingerprint density at radius 3 is 2.58 bits per heavy atom. The normalized spacial score (nSPS) is 36.5. The maximum Gasteiger partial charge on any atom is 0.0611 e. The van der Waals surface area contributed by atoms with Gasteiger partial charge in [0.1, 0.15) is 0 Å². The summed E-state index contributed by atoms with van der Waals surface area (Å²) in [7, 11) is 0. The molecule has 0 unspecified atom stereocenters. The molecule has 0 radical (unpaired) electrons. The van der Waals surface area contributed by atoms with Gasteiger partial charge in [0, 0.05) is 12.0 Å². The number of aliphatic hydroxyl groups excluding tert-OH is 1. The molecule has 0 spiro atoms. The van der Waals surface area contributed by atoms with E-state index in [1.165, 1.54) is 0 Å². The van der Waals surface area contributed by atoms with Crippen molar-refractivity contribution >= 4 is 0 Å². The zero-order chi connectivity index (χ0) is 9.19. The predicted octanol–water partition coefficient (Wildman–Crippen LogP) is 1.52. The molecule has 72 valence electrons. The average molecular weight is 171 g/mol. The summed E-state index contributed by atoms with van der Waals surface area (Å²) in [6.07, 6.45) is 4.17. The van der Waals surface area contributed by atoms with Gasteiger partial charge in [0.05, 0.1) is 6.10 Å². The highest BCUT2D eigenvalue weighted by molar-refractivity contribution is 5.05. The highest BCUT2D eigenvalue weighted by Gasteiger charge is 2.54. The van der Waals surface area contributed by atoms with Crippen LogP contribution >= 0.6 is 0 Å². The molecule has 0 bridgehead atoms. The Kier molecular flexibility index (Phi) is 3.13. The molecule has 0 saturated heterocycles. The van der Waals surface area contributed by atoms with Gasteiger partial charge in [-0.15, -0.1) is 0 Å². The van der Waals surface area contributed by atoms with Crippen molar-refractivity contribution in [3.63, 3.8) is 0 Å². The van der Waals surface area contributed by atoms with Crippen LogP contribution in [0.4, 0.5) is 0 Å². The highest BCUT2D eigenvalue weighted by Crippen LogP contribution is 2.54. The van der Waals surface area contributed by atoms with Crippen LogP contribution in [0.3, 0.4) is 0 Å². The summed E-state index contributed by atoms with van der Waals surface area (Å²) in [5, 5.41) is 9.86. The van der Waals surface area contributed by atoms with E-state index in [0.717, 1.165) is 25.7 Å². The Labute approximate surface area is 75.2 Å². The summed E-state index contributed by atoms with van der Waals surface area (Å²) in [5.74, 6) is 0.634. The predicted molar refractivity (Wildman–Crippen MR) is 50.8 cm³/mol. The summed E-state index contributed by atoms with van der Waals surface area (Å²) in [6, 6.07) is 0. The topological polar surface area (TPSA) is 46.2 Å². The Balaban J connectivity index is 2.35. The van der Waals surface area contributed by atoms with Crippen LogP contribution in [0.5, 0.6) is 0 Å². The van der Waals surface area contributed by atoms with Crippen molar-refractivity contribution in [2.75, 3.05) is 6.54 Å². The second-order valence-corrected chi connectivity index (χ2v) is 4.20. The maximum absolute atomic E-state index is 9.86. The number of hydrogen-bond acceptors (Lipinski definition) is 2. The van der Waals surface area contributed by atoms with E-state index in [-0.39, 0.29) is 11.5 Å². The van der Waals surface area contributed by atoms with E-state index in [4.69, 9.17) is 5.73 Å². The van der Waals surface area contributed by atoms with E-state index in [1.807, 2.05) is 0 Å². The Hall–Kier alpha value is -0.0800. The molecule has 1 fully saturated rings. The average Bonchev–Trinajstić information content (AvgIpc) is 2.74. The summed E-state index contributed by atoms with van der Waals surface area (Å²) >= 11 is 0. The van der Waals surface area contributed by atoms with Crippen molar-refractivity contribution in [2.24, 2.45) is 17.1 Å². The fraction of sp³-hybridized carbons (Fsp3) is 1.00. The molecule has 12 heavy (non-hydrogen) atoms. The number of rotatable bonds is 5. The van der Waals surface area contributed by atoms with Gasteiger partial charge >= 0.3 is 0 Å². The van der Waals surface area contributed by atoms with Crippen molar-refractivity contribution in [1.82, 2.24) is 0 Å². The van der Waals surface area contributed by atoms with Crippen molar-refractivity contribution < 1.29 is 5.11 Å². The smallest absolute Gasteiger partial charge is 0.0611 e. The quantitative estimate of drug-likeness (QED) is 0.659. The molecule has 0 aromatic rings. The van der Waals surface area contributed by atoms with Crippen LogP contribution in [0.1, 0.15) is 39.5 Å². The molecule has 2 nitrogen and oxygen atoms in total. The molecular weight excluding hydrogens is 150 g/mol. The first-order chi connectivity index (χ1) is 5.67. The lowest BCUT2D eigenvalue weighted by Gasteiger charge is -2.21. The van der Waals surface area contributed by atoms with Gasteiger partial charge in [-0.05, 0) is 18.8 Å². The molecule has 0 heterocycles. The Morgan fingerprint density at radius 1 is 1.67 bits per heavy atom. The Bertz CT molecular complexity index is 145. The van der Waals surface area contributed by atoms with Crippen molar-refractivity contribution in [1.29, 1.82) is 0 Å². The van der Waals surface area contributed by atoms with E-state index in [9.17, 15) is 5.11 Å². The van der Waals surface area contributed by atoms with Crippen LogP contribution in [0.15, 0.2) is 0 Å². The first-order valence-corrected chi connectivity index (χ1v) is 5.05. The molecule has 0 aliphatic heterocycles. The van der Waals surface area contributed by atoms with E-state index in [1.54, 1.807) is 0 Å². The lowest BCUT2D eigenvalue weighted by Crippen LogP contribution is -2.31. The van der Waals surface area contributed by atoms with Crippen molar-refractivity contribution in [3.8, 4) is 0 Å². The molecular formula is C10H21NO. The van der Waals surface area contributed by atoms with Crippen LogP contribution < -0.4 is 5.73 Å². The zero-order valence-corrected chi connectivity index (χ0v) is 8.21. The summed E-state index contributed by atoms with van der Waals surface area (Å²) in [6.45, 7) is 4.99. The van der Waals surface area contributed by atoms with Gasteiger partial charge in [0.15, 0.2) is 0 Å². The van der Waals surface area contributed by atoms with E-state index in [0.29, 0.717) is 12.5 Å². The standard InChI is InChI=1S/C10H21NO/c1-3-4-5-9(12)10(7-11)6-8(10)2/h8-9,12H,3-7,11H2,1-2H3/t8-,9+,10-/m1/s1. The van der Waals surface area contributed by atoms with Crippen LogP contribution in [0.25, 0.3) is 0 Å². The summed E-state index contributed by atoms with van der Waals surface area (Å²) < 4.78 is 0. The fourth-order valence-corrected chi connectivity index (χ4v) is 2.08. The fourth-order valence-electron chi connectivity index (χ4n) is 2.08. The molecule has 3 N–H and O–H groups in total. The summed E-state index contributed by atoms with van der Waals surface area (Å²) in [5.41, 5.74) is 5.76. The number of aliphatic hydroxyl groups is 1. The van der Waals surface area contributed by atoms with Gasteiger partial charge < -0.3 is 10.8 Å². The van der Waals surface area contributed by atoms with Gasteiger partial charge in [-0.2, -0.15) is 0 Å². The van der Waals surface area contributed by atoms with E-state index < -0.39 is 0 Å². The minimum absolute atomic E-state index is 0.0924.